The van der Waals surface area contributed by atoms with Crippen molar-refractivity contribution >= 4 is 19.3 Å². The Morgan fingerprint density at radius 2 is 1.72 bits per heavy atom. The van der Waals surface area contributed by atoms with E-state index >= 15 is 0 Å². The van der Waals surface area contributed by atoms with E-state index in [1.165, 1.54) is 6.33 Å². The maximum absolute atomic E-state index is 12.2. The Labute approximate surface area is 171 Å². The van der Waals surface area contributed by atoms with E-state index in [0.717, 1.165) is 16.6 Å². The Balaban J connectivity index is 1.68. The molecule has 1 aliphatic rings. The van der Waals surface area contributed by atoms with E-state index in [4.69, 9.17) is 14.0 Å². The minimum Gasteiger partial charge on any atom is -0.445 e. The molecule has 152 valence electrons. The summed E-state index contributed by atoms with van der Waals surface area (Å²) in [6, 6.07) is 9.52. The molecule has 8 heteroatoms. The zero-order valence-electron chi connectivity index (χ0n) is 17.2. The number of hydrogen-bond acceptors (Lipinski definition) is 6. The molecule has 2 aromatic rings. The van der Waals surface area contributed by atoms with Crippen molar-refractivity contribution in [3.05, 3.63) is 65.7 Å². The summed E-state index contributed by atoms with van der Waals surface area (Å²) >= 11 is 0. The van der Waals surface area contributed by atoms with Gasteiger partial charge in [0.25, 0.3) is 0 Å². The third kappa shape index (κ3) is 5.43. The van der Waals surface area contributed by atoms with Gasteiger partial charge in [0.05, 0.1) is 11.2 Å². The van der Waals surface area contributed by atoms with E-state index in [0.29, 0.717) is 0 Å². The summed E-state index contributed by atoms with van der Waals surface area (Å²) < 4.78 is 17.6. The maximum atomic E-state index is 12.2. The minimum absolute atomic E-state index is 0.203. The number of nitrogens with one attached hydrogen (secondary N) is 1. The lowest BCUT2D eigenvalue weighted by molar-refractivity contribution is 0.00578. The first-order valence-corrected chi connectivity index (χ1v) is 9.52. The molecule has 1 aromatic heterocycles. The molecule has 3 rings (SSSR count). The molecular weight excluding hydrogens is 369 g/mol. The molecule has 29 heavy (non-hydrogen) atoms. The van der Waals surface area contributed by atoms with Crippen LogP contribution in [0.4, 0.5) is 4.79 Å². The van der Waals surface area contributed by atoms with Crippen LogP contribution in [0.15, 0.2) is 54.5 Å². The van der Waals surface area contributed by atoms with E-state index in [1.807, 2.05) is 64.1 Å². The number of aromatic nitrogens is 2. The van der Waals surface area contributed by atoms with Gasteiger partial charge in [0.15, 0.2) is 0 Å². The van der Waals surface area contributed by atoms with Gasteiger partial charge in [-0.2, -0.15) is 0 Å². The quantitative estimate of drug-likeness (QED) is 0.755. The summed E-state index contributed by atoms with van der Waals surface area (Å²) in [5.74, 6) is 0. The SMILES string of the molecule is CC1(C)OB(C(=Cc2cncnc2)CNC(=O)OCc2ccccc2)OC1(C)C. The second-order valence-electron chi connectivity index (χ2n) is 7.89. The first kappa shape index (κ1) is 21.0. The molecule has 1 fully saturated rings. The molecule has 2 heterocycles. The van der Waals surface area contributed by atoms with Crippen LogP contribution in [0.25, 0.3) is 6.08 Å². The van der Waals surface area contributed by atoms with Crippen LogP contribution in [0.1, 0.15) is 38.8 Å². The highest BCUT2D eigenvalue weighted by Gasteiger charge is 2.52. The number of ether oxygens (including phenoxy) is 1. The monoisotopic (exact) mass is 395 g/mol. The average Bonchev–Trinajstić information content (AvgIpc) is 2.92. The summed E-state index contributed by atoms with van der Waals surface area (Å²) in [7, 11) is -0.602. The van der Waals surface area contributed by atoms with Gasteiger partial charge in [0.1, 0.15) is 12.9 Å². The van der Waals surface area contributed by atoms with Crippen LogP contribution in [-0.2, 0) is 20.7 Å². The van der Waals surface area contributed by atoms with Crippen LogP contribution in [0.3, 0.4) is 0 Å². The van der Waals surface area contributed by atoms with Crippen LogP contribution in [0, 0.1) is 0 Å². The molecule has 1 saturated heterocycles. The van der Waals surface area contributed by atoms with Gasteiger partial charge in [-0.3, -0.25) is 0 Å². The van der Waals surface area contributed by atoms with E-state index in [1.54, 1.807) is 12.4 Å². The van der Waals surface area contributed by atoms with Crippen LogP contribution in [-0.4, -0.2) is 40.9 Å². The van der Waals surface area contributed by atoms with Crippen molar-refractivity contribution < 1.29 is 18.8 Å². The molecule has 7 nitrogen and oxygen atoms in total. The lowest BCUT2D eigenvalue weighted by Gasteiger charge is -2.32. The zero-order chi connectivity index (χ0) is 20.9. The number of benzene rings is 1. The van der Waals surface area contributed by atoms with Crippen LogP contribution in [0.2, 0.25) is 0 Å². The van der Waals surface area contributed by atoms with Gasteiger partial charge in [-0.1, -0.05) is 36.4 Å². The van der Waals surface area contributed by atoms with Crippen LogP contribution in [0.5, 0.6) is 0 Å². The molecule has 0 atom stereocenters. The molecule has 0 saturated carbocycles. The molecule has 1 amide bonds. The normalized spacial score (nSPS) is 17.8. The Morgan fingerprint density at radius 3 is 2.34 bits per heavy atom. The molecule has 0 unspecified atom stereocenters. The van der Waals surface area contributed by atoms with Crippen molar-refractivity contribution in [2.45, 2.75) is 45.5 Å². The molecule has 0 spiro atoms. The first-order valence-electron chi connectivity index (χ1n) is 9.52. The van der Waals surface area contributed by atoms with Crippen molar-refractivity contribution in [3.63, 3.8) is 0 Å². The van der Waals surface area contributed by atoms with Crippen molar-refractivity contribution in [3.8, 4) is 0 Å². The van der Waals surface area contributed by atoms with Gasteiger partial charge < -0.3 is 19.4 Å². The lowest BCUT2D eigenvalue weighted by atomic mass is 9.77. The smallest absolute Gasteiger partial charge is 0.445 e. The molecule has 0 aliphatic carbocycles. The number of amides is 1. The number of carbonyl (C=O) groups excluding carboxylic acids is 1. The fraction of sp³-hybridized carbons (Fsp3) is 0.381. The Hall–Kier alpha value is -2.71. The van der Waals surface area contributed by atoms with Gasteiger partial charge in [0, 0.05) is 24.5 Å². The van der Waals surface area contributed by atoms with Gasteiger partial charge in [-0.05, 0) is 38.7 Å². The minimum atomic E-state index is -0.602. The molecule has 0 bridgehead atoms. The van der Waals surface area contributed by atoms with Crippen molar-refractivity contribution in [1.82, 2.24) is 15.3 Å². The number of carbonyl (C=O) groups is 1. The van der Waals surface area contributed by atoms with Crippen molar-refractivity contribution in [1.29, 1.82) is 0 Å². The fourth-order valence-electron chi connectivity index (χ4n) is 2.74. The van der Waals surface area contributed by atoms with E-state index < -0.39 is 24.4 Å². The number of rotatable bonds is 6. The predicted octanol–water partition coefficient (Wildman–Crippen LogP) is 3.42. The average molecular weight is 395 g/mol. The van der Waals surface area contributed by atoms with Crippen LogP contribution >= 0.6 is 0 Å². The second kappa shape index (κ2) is 8.76. The molecule has 1 aliphatic heterocycles. The van der Waals surface area contributed by atoms with Gasteiger partial charge >= 0.3 is 13.2 Å². The summed E-state index contributed by atoms with van der Waals surface area (Å²) in [5.41, 5.74) is 1.48. The number of nitrogens with zero attached hydrogens (tertiary/aromatic N) is 2. The molecule has 1 aromatic carbocycles. The number of hydrogen-bond donors (Lipinski definition) is 1. The predicted molar refractivity (Wildman–Crippen MR) is 111 cm³/mol. The zero-order valence-corrected chi connectivity index (χ0v) is 17.2. The highest BCUT2D eigenvalue weighted by molar-refractivity contribution is 6.56. The molecular formula is C21H26BN3O4. The van der Waals surface area contributed by atoms with Gasteiger partial charge in [-0.25, -0.2) is 14.8 Å². The fourth-order valence-corrected chi connectivity index (χ4v) is 2.74. The highest BCUT2D eigenvalue weighted by Crippen LogP contribution is 2.38. The topological polar surface area (TPSA) is 82.6 Å². The summed E-state index contributed by atoms with van der Waals surface area (Å²) in [6.07, 6.45) is 6.18. The van der Waals surface area contributed by atoms with E-state index in [9.17, 15) is 4.79 Å². The maximum Gasteiger partial charge on any atom is 0.492 e. The van der Waals surface area contributed by atoms with Crippen molar-refractivity contribution in [2.75, 3.05) is 6.54 Å². The van der Waals surface area contributed by atoms with Gasteiger partial charge in [0.2, 0.25) is 0 Å². The third-order valence-electron chi connectivity index (χ3n) is 5.14. The molecule has 1 N–H and O–H groups in total. The Kier molecular flexibility index (Phi) is 6.34. The third-order valence-corrected chi connectivity index (χ3v) is 5.14. The molecule has 0 radical (unpaired) electrons. The number of alkyl carbamates (subject to hydrolysis) is 1. The van der Waals surface area contributed by atoms with E-state index in [2.05, 4.69) is 15.3 Å². The summed E-state index contributed by atoms with van der Waals surface area (Å²) in [5, 5.41) is 2.77. The van der Waals surface area contributed by atoms with Crippen LogP contribution < -0.4 is 5.32 Å². The second-order valence-corrected chi connectivity index (χ2v) is 7.89. The first-order chi connectivity index (χ1) is 13.8. The summed E-state index contributed by atoms with van der Waals surface area (Å²) in [4.78, 5) is 20.2. The lowest BCUT2D eigenvalue weighted by Crippen LogP contribution is -2.41. The largest absolute Gasteiger partial charge is 0.492 e. The summed E-state index contributed by atoms with van der Waals surface area (Å²) in [6.45, 7) is 8.35. The highest BCUT2D eigenvalue weighted by atomic mass is 16.7. The van der Waals surface area contributed by atoms with Gasteiger partial charge in [-0.15, -0.1) is 0 Å². The van der Waals surface area contributed by atoms with Crippen molar-refractivity contribution in [2.24, 2.45) is 0 Å². The van der Waals surface area contributed by atoms with E-state index in [-0.39, 0.29) is 13.2 Å². The Bertz CT molecular complexity index is 841. The Morgan fingerprint density at radius 1 is 1.10 bits per heavy atom. The standard InChI is InChI=1S/C21H26BN3O4/c1-20(2)21(3,4)29-22(28-20)18(10-17-11-23-15-24-12-17)13-25-19(26)27-14-16-8-6-5-7-9-16/h5-12,15H,13-14H2,1-4H3,(H,25,26).